The van der Waals surface area contributed by atoms with E-state index in [1.165, 1.54) is 11.8 Å². The van der Waals surface area contributed by atoms with Crippen LogP contribution in [0, 0.1) is 0 Å². The molecule has 2 heterocycles. The summed E-state index contributed by atoms with van der Waals surface area (Å²) in [6, 6.07) is 8.59. The van der Waals surface area contributed by atoms with Crippen LogP contribution in [0.15, 0.2) is 30.3 Å². The lowest BCUT2D eigenvalue weighted by atomic mass is 9.96. The molecule has 1 amide bonds. The Hall–Kier alpha value is -0.250. The highest BCUT2D eigenvalue weighted by molar-refractivity contribution is 7.99. The van der Waals surface area contributed by atoms with Crippen molar-refractivity contribution in [2.45, 2.75) is 46.8 Å². The molecule has 6 nitrogen and oxygen atoms in total. The Morgan fingerprint density at radius 1 is 1.30 bits per heavy atom. The molecule has 1 aromatic rings. The number of carbonyl (C=O) groups excluding carboxylic acids is 1. The number of fused-ring (bicyclic) bond motifs is 1. The topological polar surface area (TPSA) is 77.0 Å². The van der Waals surface area contributed by atoms with E-state index in [1.807, 2.05) is 37.3 Å². The van der Waals surface area contributed by atoms with Crippen LogP contribution in [0.1, 0.15) is 18.8 Å². The number of hydrogen-bond donors (Lipinski definition) is 2. The standard InChI is InChI=1S/C17H20Cl3NO5S/c1-2-27-15-11(21-16(23)17(18,19)20)12(22)13-10(25-15)8-24-14(26-13)9-6-4-3-5-7-9/h3-7,10-15,22H,2,8H2,1H3,(H,21,23)/t10-,11-,12-,13-,14?,15+/m1/s1. The fourth-order valence-corrected chi connectivity index (χ4v) is 4.21. The Bertz CT molecular complexity index is 647. The van der Waals surface area contributed by atoms with E-state index < -0.39 is 45.8 Å². The summed E-state index contributed by atoms with van der Waals surface area (Å²) in [5, 5.41) is 13.5. The van der Waals surface area contributed by atoms with E-state index in [-0.39, 0.29) is 6.61 Å². The number of aliphatic hydroxyl groups is 1. The summed E-state index contributed by atoms with van der Waals surface area (Å²) in [5.41, 5.74) is 0.304. The maximum atomic E-state index is 12.1. The number of ether oxygens (including phenoxy) is 3. The number of aliphatic hydroxyl groups excluding tert-OH is 1. The van der Waals surface area contributed by atoms with Gasteiger partial charge < -0.3 is 24.6 Å². The number of halogens is 3. The molecule has 1 unspecified atom stereocenters. The number of benzene rings is 1. The quantitative estimate of drug-likeness (QED) is 0.679. The molecule has 0 saturated carbocycles. The van der Waals surface area contributed by atoms with Crippen molar-refractivity contribution in [3.63, 3.8) is 0 Å². The van der Waals surface area contributed by atoms with E-state index in [2.05, 4.69) is 5.32 Å². The third kappa shape index (κ3) is 5.03. The molecule has 0 aliphatic carbocycles. The van der Waals surface area contributed by atoms with Crippen LogP contribution in [-0.2, 0) is 19.0 Å². The third-order valence-electron chi connectivity index (χ3n) is 4.32. The molecule has 2 fully saturated rings. The summed E-state index contributed by atoms with van der Waals surface area (Å²) >= 11 is 18.4. The summed E-state index contributed by atoms with van der Waals surface area (Å²) in [4.78, 5) is 12.1. The van der Waals surface area contributed by atoms with Gasteiger partial charge in [0.1, 0.15) is 23.7 Å². The molecule has 1 aromatic carbocycles. The van der Waals surface area contributed by atoms with Gasteiger partial charge >= 0.3 is 0 Å². The molecule has 2 saturated heterocycles. The molecule has 2 N–H and O–H groups in total. The largest absolute Gasteiger partial charge is 0.388 e. The molecular weight excluding hydrogens is 437 g/mol. The number of amides is 1. The lowest BCUT2D eigenvalue weighted by Crippen LogP contribution is -2.66. The van der Waals surface area contributed by atoms with Crippen LogP contribution in [0.2, 0.25) is 0 Å². The highest BCUT2D eigenvalue weighted by Crippen LogP contribution is 2.37. The van der Waals surface area contributed by atoms with Crippen molar-refractivity contribution in [2.24, 2.45) is 0 Å². The first-order chi connectivity index (χ1) is 12.8. The Labute approximate surface area is 176 Å². The van der Waals surface area contributed by atoms with Crippen LogP contribution in [-0.4, -0.2) is 57.0 Å². The van der Waals surface area contributed by atoms with Gasteiger partial charge in [0.05, 0.1) is 12.6 Å². The zero-order valence-corrected chi connectivity index (χ0v) is 17.5. The van der Waals surface area contributed by atoms with Crippen LogP contribution in [0.4, 0.5) is 0 Å². The third-order valence-corrected chi connectivity index (χ3v) is 5.90. The van der Waals surface area contributed by atoms with Gasteiger partial charge in [0.15, 0.2) is 6.29 Å². The Morgan fingerprint density at radius 2 is 2.00 bits per heavy atom. The van der Waals surface area contributed by atoms with Gasteiger partial charge in [-0.15, -0.1) is 11.8 Å². The van der Waals surface area contributed by atoms with Crippen molar-refractivity contribution in [3.8, 4) is 0 Å². The Kier molecular flexibility index (Phi) is 7.19. The van der Waals surface area contributed by atoms with Crippen LogP contribution in [0.5, 0.6) is 0 Å². The van der Waals surface area contributed by atoms with Gasteiger partial charge in [-0.3, -0.25) is 4.79 Å². The van der Waals surface area contributed by atoms with E-state index in [9.17, 15) is 9.90 Å². The number of alkyl halides is 3. The monoisotopic (exact) mass is 455 g/mol. The fraction of sp³-hybridized carbons (Fsp3) is 0.588. The smallest absolute Gasteiger partial charge is 0.272 e. The van der Waals surface area contributed by atoms with Crippen molar-refractivity contribution >= 4 is 52.5 Å². The summed E-state index contributed by atoms with van der Waals surface area (Å²) in [6.07, 6.45) is -2.85. The van der Waals surface area contributed by atoms with Crippen molar-refractivity contribution in [2.75, 3.05) is 12.4 Å². The predicted molar refractivity (Wildman–Crippen MR) is 105 cm³/mol. The lowest BCUT2D eigenvalue weighted by molar-refractivity contribution is -0.306. The fourth-order valence-electron chi connectivity index (χ4n) is 3.06. The molecule has 3 rings (SSSR count). The Morgan fingerprint density at radius 3 is 2.63 bits per heavy atom. The molecule has 10 heteroatoms. The highest BCUT2D eigenvalue weighted by atomic mass is 35.6. The van der Waals surface area contributed by atoms with Gasteiger partial charge in [-0.05, 0) is 5.75 Å². The zero-order chi connectivity index (χ0) is 19.6. The zero-order valence-electron chi connectivity index (χ0n) is 14.4. The molecule has 2 aliphatic heterocycles. The van der Waals surface area contributed by atoms with Crippen LogP contribution in [0.3, 0.4) is 0 Å². The molecule has 2 aliphatic rings. The van der Waals surface area contributed by atoms with E-state index >= 15 is 0 Å². The molecular formula is C17H20Cl3NO5S. The number of nitrogens with one attached hydrogen (secondary N) is 1. The van der Waals surface area contributed by atoms with E-state index in [0.29, 0.717) is 5.75 Å². The van der Waals surface area contributed by atoms with Gasteiger partial charge in [-0.2, -0.15) is 0 Å². The van der Waals surface area contributed by atoms with Crippen molar-refractivity contribution in [3.05, 3.63) is 35.9 Å². The second-order valence-corrected chi connectivity index (χ2v) is 9.82. The summed E-state index contributed by atoms with van der Waals surface area (Å²) in [6.45, 7) is 2.20. The van der Waals surface area contributed by atoms with Gasteiger partial charge in [-0.1, -0.05) is 72.1 Å². The molecule has 6 atom stereocenters. The minimum absolute atomic E-state index is 0.257. The van der Waals surface area contributed by atoms with Gasteiger partial charge in [0.25, 0.3) is 9.70 Å². The lowest BCUT2D eigenvalue weighted by Gasteiger charge is -2.48. The molecule has 0 aromatic heterocycles. The number of carbonyl (C=O) groups is 1. The summed E-state index contributed by atoms with van der Waals surface area (Å²) in [5.74, 6) is -0.115. The molecule has 0 radical (unpaired) electrons. The van der Waals surface area contributed by atoms with Crippen molar-refractivity contribution in [1.82, 2.24) is 5.32 Å². The molecule has 0 spiro atoms. The van der Waals surface area contributed by atoms with E-state index in [1.54, 1.807) is 0 Å². The maximum absolute atomic E-state index is 12.1. The first-order valence-corrected chi connectivity index (χ1v) is 10.6. The number of thioether (sulfide) groups is 1. The van der Waals surface area contributed by atoms with E-state index in [4.69, 9.17) is 49.0 Å². The first-order valence-electron chi connectivity index (χ1n) is 8.46. The van der Waals surface area contributed by atoms with Crippen LogP contribution in [0.25, 0.3) is 0 Å². The van der Waals surface area contributed by atoms with E-state index in [0.717, 1.165) is 5.56 Å². The highest BCUT2D eigenvalue weighted by Gasteiger charge is 2.50. The second-order valence-electron chi connectivity index (χ2n) is 6.16. The minimum atomic E-state index is -2.14. The number of hydrogen-bond acceptors (Lipinski definition) is 6. The van der Waals surface area contributed by atoms with Gasteiger partial charge in [0.2, 0.25) is 0 Å². The Balaban J connectivity index is 1.77. The first kappa shape index (κ1) is 21.5. The molecule has 150 valence electrons. The second kappa shape index (κ2) is 9.05. The van der Waals surface area contributed by atoms with Crippen molar-refractivity contribution < 1.29 is 24.1 Å². The van der Waals surface area contributed by atoms with Gasteiger partial charge in [0, 0.05) is 5.56 Å². The SMILES string of the molecule is CCS[C@@H]1O[C@@H]2COC(c3ccccc3)O[C@H]2[C@H](O)[C@H]1NC(=O)C(Cl)(Cl)Cl. The minimum Gasteiger partial charge on any atom is -0.388 e. The number of rotatable bonds is 4. The molecule has 27 heavy (non-hydrogen) atoms. The normalized spacial score (nSPS) is 34.0. The average Bonchev–Trinajstić information content (AvgIpc) is 2.64. The summed E-state index contributed by atoms with van der Waals surface area (Å²) < 4.78 is 15.6. The van der Waals surface area contributed by atoms with Crippen molar-refractivity contribution in [1.29, 1.82) is 0 Å². The summed E-state index contributed by atoms with van der Waals surface area (Å²) in [7, 11) is 0. The predicted octanol–water partition coefficient (Wildman–Crippen LogP) is 2.79. The van der Waals surface area contributed by atoms with Crippen LogP contribution < -0.4 is 5.32 Å². The van der Waals surface area contributed by atoms with Gasteiger partial charge in [-0.25, -0.2) is 0 Å². The van der Waals surface area contributed by atoms with Crippen LogP contribution >= 0.6 is 46.6 Å². The molecule has 0 bridgehead atoms. The average molecular weight is 457 g/mol. The maximum Gasteiger partial charge on any atom is 0.272 e.